The van der Waals surface area contributed by atoms with Crippen LogP contribution in [0.3, 0.4) is 0 Å². The third-order valence-electron chi connectivity index (χ3n) is 6.55. The molecule has 0 spiro atoms. The van der Waals surface area contributed by atoms with Gasteiger partial charge in [-0.2, -0.15) is 0 Å². The summed E-state index contributed by atoms with van der Waals surface area (Å²) < 4.78 is 13.1. The van der Waals surface area contributed by atoms with Gasteiger partial charge in [-0.15, -0.1) is 0 Å². The molecule has 3 aliphatic heterocycles. The smallest absolute Gasteiger partial charge is 0.253 e. The van der Waals surface area contributed by atoms with E-state index < -0.39 is 0 Å². The summed E-state index contributed by atoms with van der Waals surface area (Å²) in [7, 11) is 0. The zero-order valence-corrected chi connectivity index (χ0v) is 16.7. The van der Waals surface area contributed by atoms with E-state index in [0.717, 1.165) is 25.8 Å². The van der Waals surface area contributed by atoms with Crippen molar-refractivity contribution in [2.75, 3.05) is 32.7 Å². The fourth-order valence-corrected chi connectivity index (χ4v) is 4.82. The first-order chi connectivity index (χ1) is 14.0. The highest BCUT2D eigenvalue weighted by Crippen LogP contribution is 2.26. The molecule has 1 aromatic carbocycles. The maximum absolute atomic E-state index is 13.1. The molecular weight excluding hydrogens is 373 g/mol. The minimum absolute atomic E-state index is 0.0442. The number of likely N-dealkylation sites (tertiary alicyclic amines) is 3. The molecule has 156 valence electrons. The van der Waals surface area contributed by atoms with Crippen molar-refractivity contribution in [1.82, 2.24) is 14.7 Å². The van der Waals surface area contributed by atoms with Crippen molar-refractivity contribution in [2.24, 2.45) is 5.92 Å². The van der Waals surface area contributed by atoms with Gasteiger partial charge in [0.25, 0.3) is 5.91 Å². The lowest BCUT2D eigenvalue weighted by Gasteiger charge is -2.39. The zero-order chi connectivity index (χ0) is 20.4. The summed E-state index contributed by atoms with van der Waals surface area (Å²) in [6, 6.07) is 5.88. The second-order valence-corrected chi connectivity index (χ2v) is 8.32. The van der Waals surface area contributed by atoms with Crippen molar-refractivity contribution in [2.45, 2.75) is 44.6 Å². The van der Waals surface area contributed by atoms with E-state index in [1.165, 1.54) is 24.3 Å². The molecule has 0 unspecified atom stereocenters. The highest BCUT2D eigenvalue weighted by Gasteiger charge is 2.35. The zero-order valence-electron chi connectivity index (χ0n) is 16.7. The summed E-state index contributed by atoms with van der Waals surface area (Å²) in [5.74, 6) is -0.0639. The summed E-state index contributed by atoms with van der Waals surface area (Å²) in [6.45, 7) is 3.37. The summed E-state index contributed by atoms with van der Waals surface area (Å²) in [5.41, 5.74) is 0.481. The van der Waals surface area contributed by atoms with Crippen LogP contribution < -0.4 is 0 Å². The van der Waals surface area contributed by atoms with Crippen LogP contribution in [0.1, 0.15) is 48.9 Å². The standard InChI is InChI=1S/C22H28FN3O3/c23-18-5-3-16(4-6-18)21(28)24-12-7-17(8-13-24)22(29)25-14-9-19(10-15-25)26-11-1-2-20(26)27/h3-6,17,19H,1-2,7-15H2. The third-order valence-corrected chi connectivity index (χ3v) is 6.55. The van der Waals surface area contributed by atoms with Gasteiger partial charge in [-0.05, 0) is 56.4 Å². The quantitative estimate of drug-likeness (QED) is 0.781. The van der Waals surface area contributed by atoms with Crippen LogP contribution >= 0.6 is 0 Å². The van der Waals surface area contributed by atoms with Gasteiger partial charge in [-0.1, -0.05) is 0 Å². The SMILES string of the molecule is O=C(c1ccc(F)cc1)N1CCC(C(=O)N2CCC(N3CCCC3=O)CC2)CC1. The third kappa shape index (κ3) is 4.28. The van der Waals surface area contributed by atoms with Gasteiger partial charge in [-0.3, -0.25) is 14.4 Å². The van der Waals surface area contributed by atoms with Gasteiger partial charge in [-0.25, -0.2) is 4.39 Å². The molecule has 3 fully saturated rings. The van der Waals surface area contributed by atoms with E-state index in [4.69, 9.17) is 0 Å². The molecule has 4 rings (SSSR count). The molecule has 3 saturated heterocycles. The van der Waals surface area contributed by atoms with Crippen molar-refractivity contribution in [1.29, 1.82) is 0 Å². The average molecular weight is 401 g/mol. The lowest BCUT2D eigenvalue weighted by molar-refractivity contribution is -0.139. The Morgan fingerprint density at radius 2 is 1.48 bits per heavy atom. The second-order valence-electron chi connectivity index (χ2n) is 8.32. The molecule has 0 radical (unpaired) electrons. The summed E-state index contributed by atoms with van der Waals surface area (Å²) >= 11 is 0. The number of hydrogen-bond acceptors (Lipinski definition) is 3. The molecule has 0 N–H and O–H groups in total. The van der Waals surface area contributed by atoms with Crippen LogP contribution in [0.15, 0.2) is 24.3 Å². The Morgan fingerprint density at radius 3 is 2.07 bits per heavy atom. The topological polar surface area (TPSA) is 60.9 Å². The number of halogens is 1. The van der Waals surface area contributed by atoms with Crippen LogP contribution in [-0.4, -0.2) is 71.2 Å². The van der Waals surface area contributed by atoms with E-state index in [2.05, 4.69) is 0 Å². The number of piperidine rings is 2. The van der Waals surface area contributed by atoms with E-state index in [-0.39, 0.29) is 35.5 Å². The molecule has 6 nitrogen and oxygen atoms in total. The molecule has 1 aromatic rings. The normalized spacial score (nSPS) is 21.7. The van der Waals surface area contributed by atoms with Gasteiger partial charge in [0.05, 0.1) is 0 Å². The second kappa shape index (κ2) is 8.51. The fourth-order valence-electron chi connectivity index (χ4n) is 4.82. The van der Waals surface area contributed by atoms with E-state index in [1.54, 1.807) is 4.90 Å². The minimum Gasteiger partial charge on any atom is -0.342 e. The Hall–Kier alpha value is -2.44. The number of carbonyl (C=O) groups is 3. The first kappa shape index (κ1) is 19.9. The molecular formula is C22H28FN3O3. The first-order valence-electron chi connectivity index (χ1n) is 10.7. The molecule has 0 aromatic heterocycles. The molecule has 3 amide bonds. The van der Waals surface area contributed by atoms with Gasteiger partial charge in [0, 0.05) is 56.7 Å². The summed E-state index contributed by atoms with van der Waals surface area (Å²) in [5, 5.41) is 0. The number of rotatable bonds is 3. The minimum atomic E-state index is -0.358. The maximum Gasteiger partial charge on any atom is 0.253 e. The van der Waals surface area contributed by atoms with E-state index in [1.807, 2.05) is 9.80 Å². The Morgan fingerprint density at radius 1 is 0.862 bits per heavy atom. The summed E-state index contributed by atoms with van der Waals surface area (Å²) in [4.78, 5) is 43.1. The van der Waals surface area contributed by atoms with Crippen LogP contribution in [0.25, 0.3) is 0 Å². The van der Waals surface area contributed by atoms with E-state index >= 15 is 0 Å². The molecule has 7 heteroatoms. The van der Waals surface area contributed by atoms with Crippen molar-refractivity contribution >= 4 is 17.7 Å². The lowest BCUT2D eigenvalue weighted by atomic mass is 9.93. The Balaban J connectivity index is 1.25. The fraction of sp³-hybridized carbons (Fsp3) is 0.591. The highest BCUT2D eigenvalue weighted by atomic mass is 19.1. The Kier molecular flexibility index (Phi) is 5.83. The molecule has 0 atom stereocenters. The number of benzene rings is 1. The number of carbonyl (C=O) groups excluding carboxylic acids is 3. The van der Waals surface area contributed by atoms with E-state index in [0.29, 0.717) is 51.0 Å². The largest absolute Gasteiger partial charge is 0.342 e. The van der Waals surface area contributed by atoms with Gasteiger partial charge in [0.1, 0.15) is 5.82 Å². The average Bonchev–Trinajstić information content (AvgIpc) is 3.19. The van der Waals surface area contributed by atoms with Gasteiger partial charge >= 0.3 is 0 Å². The van der Waals surface area contributed by atoms with Crippen molar-refractivity contribution in [3.05, 3.63) is 35.6 Å². The maximum atomic E-state index is 13.1. The predicted molar refractivity (Wildman–Crippen MR) is 106 cm³/mol. The molecule has 3 heterocycles. The van der Waals surface area contributed by atoms with Gasteiger partial charge < -0.3 is 14.7 Å². The van der Waals surface area contributed by atoms with Crippen LogP contribution in [0, 0.1) is 11.7 Å². The van der Waals surface area contributed by atoms with Crippen LogP contribution in [0.5, 0.6) is 0 Å². The number of hydrogen-bond donors (Lipinski definition) is 0. The van der Waals surface area contributed by atoms with Crippen LogP contribution in [0.2, 0.25) is 0 Å². The molecule has 29 heavy (non-hydrogen) atoms. The first-order valence-corrected chi connectivity index (χ1v) is 10.7. The lowest BCUT2D eigenvalue weighted by Crippen LogP contribution is -2.50. The molecule has 0 bridgehead atoms. The van der Waals surface area contributed by atoms with Crippen molar-refractivity contribution in [3.63, 3.8) is 0 Å². The van der Waals surface area contributed by atoms with Crippen LogP contribution in [0.4, 0.5) is 4.39 Å². The van der Waals surface area contributed by atoms with Gasteiger partial charge in [0.15, 0.2) is 0 Å². The van der Waals surface area contributed by atoms with E-state index in [9.17, 15) is 18.8 Å². The molecule has 0 aliphatic carbocycles. The number of amides is 3. The summed E-state index contributed by atoms with van der Waals surface area (Å²) in [6.07, 6.45) is 4.66. The Labute approximate surface area is 170 Å². The number of nitrogens with zero attached hydrogens (tertiary/aromatic N) is 3. The van der Waals surface area contributed by atoms with Gasteiger partial charge in [0.2, 0.25) is 11.8 Å². The highest BCUT2D eigenvalue weighted by molar-refractivity contribution is 5.94. The van der Waals surface area contributed by atoms with Crippen LogP contribution in [-0.2, 0) is 9.59 Å². The molecule has 0 saturated carbocycles. The van der Waals surface area contributed by atoms with Crippen molar-refractivity contribution < 1.29 is 18.8 Å². The predicted octanol–water partition coefficient (Wildman–Crippen LogP) is 2.29. The monoisotopic (exact) mass is 401 g/mol. The Bertz CT molecular complexity index is 766. The van der Waals surface area contributed by atoms with Crippen molar-refractivity contribution in [3.8, 4) is 0 Å². The molecule has 3 aliphatic rings.